The molecule has 0 saturated heterocycles. The third-order valence-corrected chi connectivity index (χ3v) is 2.65. The fraction of sp³-hybridized carbons (Fsp3) is 0.133. The topological polar surface area (TPSA) is 91.0 Å². The van der Waals surface area contributed by atoms with Crippen molar-refractivity contribution in [2.45, 2.75) is 13.5 Å². The number of rotatable bonds is 5. The number of aryl methyl sites for hydroxylation is 1. The van der Waals surface area contributed by atoms with Gasteiger partial charge in [0.2, 0.25) is 0 Å². The molecule has 106 valence electrons. The summed E-state index contributed by atoms with van der Waals surface area (Å²) in [7, 11) is 0. The van der Waals surface area contributed by atoms with E-state index in [1.807, 2.05) is 25.1 Å². The van der Waals surface area contributed by atoms with Gasteiger partial charge >= 0.3 is 0 Å². The number of nitrogens with zero attached hydrogens (tertiary/aromatic N) is 2. The first kappa shape index (κ1) is 14.3. The minimum atomic E-state index is -0.478. The summed E-state index contributed by atoms with van der Waals surface area (Å²) < 4.78 is 5.10. The zero-order chi connectivity index (χ0) is 15.1. The number of nitrogens with one attached hydrogen (secondary N) is 2. The molecule has 2 heterocycles. The van der Waals surface area contributed by atoms with E-state index in [2.05, 4.69) is 15.6 Å². The Morgan fingerprint density at radius 2 is 2.38 bits per heavy atom. The first-order chi connectivity index (χ1) is 10.2. The van der Waals surface area contributed by atoms with E-state index in [0.717, 1.165) is 5.56 Å². The van der Waals surface area contributed by atoms with E-state index in [0.29, 0.717) is 11.6 Å². The molecule has 2 aromatic rings. The Morgan fingerprint density at radius 3 is 3.05 bits per heavy atom. The van der Waals surface area contributed by atoms with Crippen LogP contribution in [0.1, 0.15) is 11.3 Å². The van der Waals surface area contributed by atoms with Crippen LogP contribution in [0.25, 0.3) is 0 Å². The number of hydrogen-bond donors (Lipinski definition) is 2. The molecule has 6 nitrogen and oxygen atoms in total. The summed E-state index contributed by atoms with van der Waals surface area (Å²) in [5, 5.41) is 14.5. The van der Waals surface area contributed by atoms with Crippen LogP contribution in [0, 0.1) is 18.3 Å². The highest BCUT2D eigenvalue weighted by Gasteiger charge is 2.09. The van der Waals surface area contributed by atoms with Gasteiger partial charge in [0.15, 0.2) is 0 Å². The van der Waals surface area contributed by atoms with Gasteiger partial charge in [-0.1, -0.05) is 0 Å². The van der Waals surface area contributed by atoms with Crippen molar-refractivity contribution < 1.29 is 9.21 Å². The molecule has 2 rings (SSSR count). The number of hydrogen-bond acceptors (Lipinski definition) is 5. The fourth-order valence-electron chi connectivity index (χ4n) is 1.59. The molecule has 0 radical (unpaired) electrons. The van der Waals surface area contributed by atoms with Crippen LogP contribution < -0.4 is 10.6 Å². The first-order valence-corrected chi connectivity index (χ1v) is 6.29. The van der Waals surface area contributed by atoms with E-state index in [-0.39, 0.29) is 12.1 Å². The first-order valence-electron chi connectivity index (χ1n) is 6.29. The van der Waals surface area contributed by atoms with Gasteiger partial charge in [0.25, 0.3) is 5.91 Å². The number of carbonyl (C=O) groups excluding carboxylic acids is 1. The summed E-state index contributed by atoms with van der Waals surface area (Å²) in [5.41, 5.74) is 0.992. The van der Waals surface area contributed by atoms with Gasteiger partial charge in [0, 0.05) is 12.4 Å². The van der Waals surface area contributed by atoms with Crippen LogP contribution in [0.3, 0.4) is 0 Å². The monoisotopic (exact) mass is 282 g/mol. The Bertz CT molecular complexity index is 684. The van der Waals surface area contributed by atoms with Crippen molar-refractivity contribution in [3.63, 3.8) is 0 Å². The molecule has 0 fully saturated rings. The molecule has 21 heavy (non-hydrogen) atoms. The third-order valence-electron chi connectivity index (χ3n) is 2.65. The highest BCUT2D eigenvalue weighted by molar-refractivity contribution is 5.97. The van der Waals surface area contributed by atoms with Crippen LogP contribution >= 0.6 is 0 Å². The Hall–Kier alpha value is -3.07. The van der Waals surface area contributed by atoms with E-state index in [1.165, 1.54) is 12.5 Å². The molecular formula is C15H14N4O2. The van der Waals surface area contributed by atoms with Crippen molar-refractivity contribution in [3.8, 4) is 6.07 Å². The summed E-state index contributed by atoms with van der Waals surface area (Å²) >= 11 is 0. The van der Waals surface area contributed by atoms with Crippen LogP contribution in [-0.2, 0) is 11.3 Å². The number of furan rings is 1. The zero-order valence-corrected chi connectivity index (χ0v) is 11.5. The van der Waals surface area contributed by atoms with Gasteiger partial charge in [0.05, 0.1) is 12.8 Å². The van der Waals surface area contributed by atoms with E-state index >= 15 is 0 Å². The van der Waals surface area contributed by atoms with Crippen molar-refractivity contribution in [1.82, 2.24) is 10.3 Å². The third kappa shape index (κ3) is 4.21. The van der Waals surface area contributed by atoms with Gasteiger partial charge in [-0.3, -0.25) is 4.79 Å². The van der Waals surface area contributed by atoms with E-state index in [4.69, 9.17) is 9.68 Å². The summed E-state index contributed by atoms with van der Waals surface area (Å²) in [6.45, 7) is 2.16. The predicted molar refractivity (Wildman–Crippen MR) is 76.8 cm³/mol. The zero-order valence-electron chi connectivity index (χ0n) is 11.5. The lowest BCUT2D eigenvalue weighted by Crippen LogP contribution is -2.24. The Kier molecular flexibility index (Phi) is 4.72. The van der Waals surface area contributed by atoms with Crippen LogP contribution in [0.4, 0.5) is 5.82 Å². The second kappa shape index (κ2) is 6.91. The van der Waals surface area contributed by atoms with E-state index < -0.39 is 5.91 Å². The Balaban J connectivity index is 1.96. The Morgan fingerprint density at radius 1 is 1.52 bits per heavy atom. The molecule has 0 spiro atoms. The second-order valence-corrected chi connectivity index (χ2v) is 4.29. The molecule has 0 aliphatic heterocycles. The fourth-order valence-corrected chi connectivity index (χ4v) is 1.59. The molecular weight excluding hydrogens is 268 g/mol. The van der Waals surface area contributed by atoms with Crippen molar-refractivity contribution in [3.05, 3.63) is 59.8 Å². The molecule has 6 heteroatoms. The smallest absolute Gasteiger partial charge is 0.263 e. The molecule has 0 aliphatic carbocycles. The van der Waals surface area contributed by atoms with Gasteiger partial charge < -0.3 is 15.1 Å². The lowest BCUT2D eigenvalue weighted by atomic mass is 10.3. The molecule has 1 amide bonds. The van der Waals surface area contributed by atoms with Crippen LogP contribution in [0.2, 0.25) is 0 Å². The summed E-state index contributed by atoms with van der Waals surface area (Å²) in [4.78, 5) is 15.9. The number of nitriles is 1. The number of anilines is 1. The quantitative estimate of drug-likeness (QED) is 0.647. The van der Waals surface area contributed by atoms with Gasteiger partial charge in [-0.2, -0.15) is 5.26 Å². The minimum absolute atomic E-state index is 0.0372. The molecule has 0 unspecified atom stereocenters. The standard InChI is InChI=1S/C15H14N4O2/c1-11-4-5-17-14(7-11)18-9-12(8-16)15(20)19-10-13-3-2-6-21-13/h2-7,9H,10H2,1H3,(H,17,18)(H,19,20)/b12-9-. The molecule has 0 saturated carbocycles. The number of aromatic nitrogens is 1. The predicted octanol–water partition coefficient (Wildman–Crippen LogP) is 2.12. The normalized spacial score (nSPS) is 10.8. The van der Waals surface area contributed by atoms with Crippen LogP contribution in [-0.4, -0.2) is 10.9 Å². The summed E-state index contributed by atoms with van der Waals surface area (Å²) in [6, 6.07) is 8.98. The van der Waals surface area contributed by atoms with Crippen molar-refractivity contribution in [2.24, 2.45) is 0 Å². The van der Waals surface area contributed by atoms with Gasteiger partial charge in [0.1, 0.15) is 23.2 Å². The second-order valence-electron chi connectivity index (χ2n) is 4.29. The maximum absolute atomic E-state index is 11.9. The molecule has 0 aromatic carbocycles. The van der Waals surface area contributed by atoms with Crippen LogP contribution in [0.5, 0.6) is 0 Å². The highest BCUT2D eigenvalue weighted by Crippen LogP contribution is 2.06. The van der Waals surface area contributed by atoms with E-state index in [9.17, 15) is 4.79 Å². The number of carbonyl (C=O) groups is 1. The molecule has 2 N–H and O–H groups in total. The van der Waals surface area contributed by atoms with Crippen molar-refractivity contribution >= 4 is 11.7 Å². The lowest BCUT2D eigenvalue weighted by molar-refractivity contribution is -0.117. The van der Waals surface area contributed by atoms with Gasteiger partial charge in [-0.05, 0) is 36.8 Å². The largest absolute Gasteiger partial charge is 0.467 e. The average molecular weight is 282 g/mol. The summed E-state index contributed by atoms with van der Waals surface area (Å²) in [5.74, 6) is 0.713. The van der Waals surface area contributed by atoms with Gasteiger partial charge in [-0.25, -0.2) is 4.98 Å². The van der Waals surface area contributed by atoms with Crippen molar-refractivity contribution in [2.75, 3.05) is 5.32 Å². The molecule has 0 bridgehead atoms. The maximum Gasteiger partial charge on any atom is 0.263 e. The highest BCUT2D eigenvalue weighted by atomic mass is 16.3. The lowest BCUT2D eigenvalue weighted by Gasteiger charge is -2.04. The van der Waals surface area contributed by atoms with E-state index in [1.54, 1.807) is 18.3 Å². The number of pyridine rings is 1. The van der Waals surface area contributed by atoms with Gasteiger partial charge in [-0.15, -0.1) is 0 Å². The number of amides is 1. The summed E-state index contributed by atoms with van der Waals surface area (Å²) in [6.07, 6.45) is 4.50. The van der Waals surface area contributed by atoms with Crippen LogP contribution in [0.15, 0.2) is 52.9 Å². The average Bonchev–Trinajstić information content (AvgIpc) is 2.99. The minimum Gasteiger partial charge on any atom is -0.467 e. The Labute approximate surface area is 122 Å². The molecule has 2 aromatic heterocycles. The van der Waals surface area contributed by atoms with Crippen molar-refractivity contribution in [1.29, 1.82) is 5.26 Å². The SMILES string of the molecule is Cc1ccnc(N/C=C(/C#N)C(=O)NCc2ccco2)c1. The molecule has 0 aliphatic rings. The maximum atomic E-state index is 11.9. The molecule has 0 atom stereocenters.